The summed E-state index contributed by atoms with van der Waals surface area (Å²) in [5, 5.41) is 31.1. The maximum Gasteiger partial charge on any atom is 0.106 e. The van der Waals surface area contributed by atoms with E-state index >= 15 is 0 Å². The van der Waals surface area contributed by atoms with Crippen molar-refractivity contribution in [2.75, 3.05) is 21.3 Å². The summed E-state index contributed by atoms with van der Waals surface area (Å²) in [6, 6.07) is 0. The van der Waals surface area contributed by atoms with E-state index in [1.807, 2.05) is 0 Å². The minimum atomic E-state index is -0.672. The van der Waals surface area contributed by atoms with Gasteiger partial charge in [-0.1, -0.05) is 0 Å². The van der Waals surface area contributed by atoms with Gasteiger partial charge in [0.05, 0.1) is 42.7 Å². The van der Waals surface area contributed by atoms with Gasteiger partial charge in [0.2, 0.25) is 0 Å². The van der Waals surface area contributed by atoms with Crippen LogP contribution in [0.5, 0.6) is 0 Å². The fourth-order valence-electron chi connectivity index (χ4n) is 5.03. The lowest BCUT2D eigenvalue weighted by molar-refractivity contribution is -0.227. The normalized spacial score (nSPS) is 51.1. The highest BCUT2D eigenvalue weighted by atomic mass is 16.5. The number of hydrogen-bond donors (Lipinski definition) is 3. The molecule has 1 heterocycles. The first-order chi connectivity index (χ1) is 12.0. The van der Waals surface area contributed by atoms with E-state index < -0.39 is 18.3 Å². The van der Waals surface area contributed by atoms with Gasteiger partial charge in [-0.15, -0.1) is 0 Å². The number of aliphatic hydroxyl groups is 3. The zero-order chi connectivity index (χ0) is 18.1. The lowest BCUT2D eigenvalue weighted by atomic mass is 9.72. The Morgan fingerprint density at radius 1 is 0.760 bits per heavy atom. The van der Waals surface area contributed by atoms with Crippen molar-refractivity contribution < 1.29 is 34.3 Å². The van der Waals surface area contributed by atoms with Crippen molar-refractivity contribution in [1.29, 1.82) is 0 Å². The van der Waals surface area contributed by atoms with Gasteiger partial charge in [0, 0.05) is 27.2 Å². The Hall–Kier alpha value is -0.280. The summed E-state index contributed by atoms with van der Waals surface area (Å²) in [7, 11) is 4.81. The number of methoxy groups -OCH3 is 3. The lowest BCUT2D eigenvalue weighted by Gasteiger charge is -2.50. The largest absolute Gasteiger partial charge is 0.393 e. The fraction of sp³-hybridized carbons (Fsp3) is 1.00. The summed E-state index contributed by atoms with van der Waals surface area (Å²) in [6.07, 6.45) is 0.0952. The average molecular weight is 360 g/mol. The maximum absolute atomic E-state index is 10.7. The Morgan fingerprint density at radius 2 is 1.36 bits per heavy atom. The van der Waals surface area contributed by atoms with Crippen molar-refractivity contribution >= 4 is 0 Å². The summed E-state index contributed by atoms with van der Waals surface area (Å²) >= 11 is 0. The third-order valence-electron chi connectivity index (χ3n) is 6.39. The molecule has 0 spiro atoms. The number of ether oxygens (including phenoxy) is 4. The van der Waals surface area contributed by atoms with Gasteiger partial charge in [0.15, 0.2) is 0 Å². The molecule has 25 heavy (non-hydrogen) atoms. The second-order valence-corrected chi connectivity index (χ2v) is 7.78. The van der Waals surface area contributed by atoms with Crippen LogP contribution >= 0.6 is 0 Å². The van der Waals surface area contributed by atoms with Gasteiger partial charge in [-0.2, -0.15) is 0 Å². The number of rotatable bonds is 4. The molecule has 0 aromatic carbocycles. The minimum absolute atomic E-state index is 0.0364. The second kappa shape index (κ2) is 8.17. The Kier molecular flexibility index (Phi) is 6.36. The van der Waals surface area contributed by atoms with Crippen molar-refractivity contribution in [2.45, 2.75) is 80.9 Å². The molecule has 3 N–H and O–H groups in total. The SMILES string of the molecule is COC1CC(C2OC3CC(O)CC(OC)C3CC2O)CC(OC)C1O. The molecule has 3 fully saturated rings. The minimum Gasteiger partial charge on any atom is -0.393 e. The number of hydrogen-bond acceptors (Lipinski definition) is 7. The van der Waals surface area contributed by atoms with E-state index in [2.05, 4.69) is 0 Å². The predicted molar refractivity (Wildman–Crippen MR) is 89.1 cm³/mol. The summed E-state index contributed by atoms with van der Waals surface area (Å²) < 4.78 is 22.6. The van der Waals surface area contributed by atoms with Crippen LogP contribution in [0.3, 0.4) is 0 Å². The van der Waals surface area contributed by atoms with Crippen molar-refractivity contribution in [1.82, 2.24) is 0 Å². The fourth-order valence-corrected chi connectivity index (χ4v) is 5.03. The molecule has 7 nitrogen and oxygen atoms in total. The molecule has 1 aliphatic heterocycles. The highest BCUT2D eigenvalue weighted by Gasteiger charge is 2.49. The van der Waals surface area contributed by atoms with Crippen LogP contribution in [0.1, 0.15) is 32.1 Å². The van der Waals surface area contributed by atoms with E-state index in [-0.39, 0.29) is 42.4 Å². The van der Waals surface area contributed by atoms with Gasteiger partial charge in [0.25, 0.3) is 0 Å². The summed E-state index contributed by atoms with van der Waals surface area (Å²) in [5.41, 5.74) is 0. The molecule has 3 rings (SSSR count). The molecule has 3 aliphatic rings. The average Bonchev–Trinajstić information content (AvgIpc) is 2.61. The van der Waals surface area contributed by atoms with Crippen molar-refractivity contribution in [2.24, 2.45) is 11.8 Å². The van der Waals surface area contributed by atoms with Crippen LogP contribution < -0.4 is 0 Å². The zero-order valence-electron chi connectivity index (χ0n) is 15.3. The Labute approximate surface area is 149 Å². The smallest absolute Gasteiger partial charge is 0.106 e. The Bertz CT molecular complexity index is 420. The monoisotopic (exact) mass is 360 g/mol. The third-order valence-corrected chi connectivity index (χ3v) is 6.39. The molecule has 8 atom stereocenters. The first-order valence-corrected chi connectivity index (χ1v) is 9.26. The van der Waals surface area contributed by atoms with Crippen LogP contribution in [0.25, 0.3) is 0 Å². The van der Waals surface area contributed by atoms with E-state index in [9.17, 15) is 15.3 Å². The first-order valence-electron chi connectivity index (χ1n) is 9.26. The van der Waals surface area contributed by atoms with Gasteiger partial charge in [-0.25, -0.2) is 0 Å². The van der Waals surface area contributed by atoms with E-state index in [0.717, 1.165) is 0 Å². The molecular weight excluding hydrogens is 328 g/mol. The van der Waals surface area contributed by atoms with Crippen LogP contribution in [0.4, 0.5) is 0 Å². The van der Waals surface area contributed by atoms with Crippen molar-refractivity contribution in [3.05, 3.63) is 0 Å². The molecule has 7 heteroatoms. The van der Waals surface area contributed by atoms with Crippen LogP contribution in [-0.2, 0) is 18.9 Å². The summed E-state index contributed by atoms with van der Waals surface area (Å²) in [4.78, 5) is 0. The summed E-state index contributed by atoms with van der Waals surface area (Å²) in [5.74, 6) is 0.139. The molecule has 0 bridgehead atoms. The number of fused-ring (bicyclic) bond motifs is 1. The highest BCUT2D eigenvalue weighted by Crippen LogP contribution is 2.42. The topological polar surface area (TPSA) is 97.6 Å². The van der Waals surface area contributed by atoms with Crippen LogP contribution in [0.15, 0.2) is 0 Å². The predicted octanol–water partition coefficient (Wildman–Crippen LogP) is 0.0916. The van der Waals surface area contributed by atoms with E-state index in [4.69, 9.17) is 18.9 Å². The molecule has 8 unspecified atom stereocenters. The van der Waals surface area contributed by atoms with Gasteiger partial charge in [0.1, 0.15) is 6.10 Å². The van der Waals surface area contributed by atoms with E-state index in [0.29, 0.717) is 32.1 Å². The number of aliphatic hydroxyl groups excluding tert-OH is 3. The zero-order valence-corrected chi connectivity index (χ0v) is 15.3. The standard InChI is InChI=1S/C18H32O7/c1-22-13-6-10(19)7-14-11(13)8-12(20)18(25-14)9-4-15(23-2)17(21)16(5-9)24-3/h9-21H,4-8H2,1-3H3. The highest BCUT2D eigenvalue weighted by molar-refractivity contribution is 4.99. The molecule has 146 valence electrons. The second-order valence-electron chi connectivity index (χ2n) is 7.78. The third kappa shape index (κ3) is 3.88. The molecule has 1 saturated heterocycles. The molecule has 0 radical (unpaired) electrons. The molecular formula is C18H32O7. The van der Waals surface area contributed by atoms with Crippen LogP contribution in [-0.4, -0.2) is 85.5 Å². The molecule has 0 aromatic rings. The Balaban J connectivity index is 1.72. The van der Waals surface area contributed by atoms with Gasteiger partial charge in [-0.05, 0) is 38.0 Å². The van der Waals surface area contributed by atoms with Crippen molar-refractivity contribution in [3.8, 4) is 0 Å². The van der Waals surface area contributed by atoms with Crippen LogP contribution in [0.2, 0.25) is 0 Å². The van der Waals surface area contributed by atoms with E-state index in [1.54, 1.807) is 21.3 Å². The maximum atomic E-state index is 10.7. The van der Waals surface area contributed by atoms with Crippen molar-refractivity contribution in [3.63, 3.8) is 0 Å². The van der Waals surface area contributed by atoms with Gasteiger partial charge in [-0.3, -0.25) is 0 Å². The molecule has 0 aromatic heterocycles. The molecule has 2 aliphatic carbocycles. The summed E-state index contributed by atoms with van der Waals surface area (Å²) in [6.45, 7) is 0. The molecule has 0 amide bonds. The van der Waals surface area contributed by atoms with E-state index in [1.165, 1.54) is 0 Å². The lowest BCUT2D eigenvalue weighted by Crippen LogP contribution is -2.57. The molecule has 2 saturated carbocycles. The van der Waals surface area contributed by atoms with Gasteiger partial charge < -0.3 is 34.3 Å². The quantitative estimate of drug-likeness (QED) is 0.654. The Morgan fingerprint density at radius 3 is 1.92 bits per heavy atom. The van der Waals surface area contributed by atoms with Crippen LogP contribution in [0, 0.1) is 11.8 Å². The first kappa shape index (κ1) is 19.5. The van der Waals surface area contributed by atoms with Gasteiger partial charge >= 0.3 is 0 Å².